The molecule has 1 aromatic carbocycles. The number of nitrogens with one attached hydrogen (secondary N) is 1. The number of aromatic amines is 1. The van der Waals surface area contributed by atoms with Gasteiger partial charge >= 0.3 is 0 Å². The Balaban J connectivity index is 2.12. The first kappa shape index (κ1) is 12.6. The van der Waals surface area contributed by atoms with Gasteiger partial charge in [-0.05, 0) is 43.4 Å². The minimum Gasteiger partial charge on any atom is -0.494 e. The quantitative estimate of drug-likeness (QED) is 0.851. The smallest absolute Gasteiger partial charge is 0.122 e. The van der Waals surface area contributed by atoms with Crippen LogP contribution in [0.5, 0.6) is 5.75 Å². The molecule has 0 aliphatic carbocycles. The molecule has 0 saturated heterocycles. The Bertz CT molecular complexity index is 480. The summed E-state index contributed by atoms with van der Waals surface area (Å²) in [7, 11) is 0. The summed E-state index contributed by atoms with van der Waals surface area (Å²) >= 11 is 0. The lowest BCUT2D eigenvalue weighted by Crippen LogP contribution is -2.00. The van der Waals surface area contributed by atoms with Gasteiger partial charge < -0.3 is 4.74 Å². The highest BCUT2D eigenvalue weighted by Gasteiger charge is 2.06. The third kappa shape index (κ3) is 3.09. The Labute approximate surface area is 107 Å². The van der Waals surface area contributed by atoms with E-state index in [1.807, 2.05) is 6.92 Å². The molecule has 0 atom stereocenters. The summed E-state index contributed by atoms with van der Waals surface area (Å²) in [6.45, 7) is 4.87. The van der Waals surface area contributed by atoms with Gasteiger partial charge in [0.2, 0.25) is 0 Å². The van der Waals surface area contributed by atoms with E-state index >= 15 is 0 Å². The molecule has 4 heteroatoms. The standard InChI is InChI=1S/C14H19N3O/c1-3-11-5-8-14(18-4-2)12(9-11)6-7-13-10-15-17-16-13/h5,8-10H,3-4,6-7H2,1-2H3,(H,15,16,17). The molecule has 0 aliphatic rings. The fourth-order valence-corrected chi connectivity index (χ4v) is 1.95. The SMILES string of the molecule is CCOc1ccc(CC)cc1CCc1cn[nH]n1. The number of rotatable bonds is 6. The van der Waals surface area contributed by atoms with Gasteiger partial charge in [-0.25, -0.2) is 0 Å². The lowest BCUT2D eigenvalue weighted by molar-refractivity contribution is 0.336. The average Bonchev–Trinajstić information content (AvgIpc) is 2.91. The molecule has 18 heavy (non-hydrogen) atoms. The summed E-state index contributed by atoms with van der Waals surface area (Å²) in [5, 5.41) is 10.5. The zero-order valence-corrected chi connectivity index (χ0v) is 10.9. The molecule has 1 aromatic heterocycles. The molecule has 96 valence electrons. The molecule has 2 aromatic rings. The second-order valence-corrected chi connectivity index (χ2v) is 4.19. The van der Waals surface area contributed by atoms with E-state index in [2.05, 4.69) is 40.5 Å². The number of hydrogen-bond acceptors (Lipinski definition) is 3. The largest absolute Gasteiger partial charge is 0.494 e. The summed E-state index contributed by atoms with van der Waals surface area (Å²) in [6.07, 6.45) is 4.62. The number of aryl methyl sites for hydroxylation is 3. The first-order chi connectivity index (χ1) is 8.83. The molecule has 0 amide bonds. The van der Waals surface area contributed by atoms with Crippen LogP contribution in [-0.2, 0) is 19.3 Å². The predicted molar refractivity (Wildman–Crippen MR) is 70.8 cm³/mol. The number of ether oxygens (including phenoxy) is 1. The third-order valence-corrected chi connectivity index (χ3v) is 2.95. The van der Waals surface area contributed by atoms with E-state index in [0.717, 1.165) is 30.7 Å². The summed E-state index contributed by atoms with van der Waals surface area (Å²) in [5.41, 5.74) is 3.58. The summed E-state index contributed by atoms with van der Waals surface area (Å²) in [4.78, 5) is 0. The highest BCUT2D eigenvalue weighted by atomic mass is 16.5. The lowest BCUT2D eigenvalue weighted by Gasteiger charge is -2.11. The third-order valence-electron chi connectivity index (χ3n) is 2.95. The fourth-order valence-electron chi connectivity index (χ4n) is 1.95. The molecule has 0 radical (unpaired) electrons. The van der Waals surface area contributed by atoms with Crippen LogP contribution in [0.4, 0.5) is 0 Å². The minimum atomic E-state index is 0.697. The van der Waals surface area contributed by atoms with Crippen molar-refractivity contribution in [1.29, 1.82) is 0 Å². The topological polar surface area (TPSA) is 50.8 Å². The first-order valence-corrected chi connectivity index (χ1v) is 6.42. The van der Waals surface area contributed by atoms with Crippen molar-refractivity contribution in [3.8, 4) is 5.75 Å². The van der Waals surface area contributed by atoms with Crippen LogP contribution in [0.3, 0.4) is 0 Å². The van der Waals surface area contributed by atoms with Crippen molar-refractivity contribution in [2.24, 2.45) is 0 Å². The first-order valence-electron chi connectivity index (χ1n) is 6.42. The normalized spacial score (nSPS) is 10.6. The van der Waals surface area contributed by atoms with Gasteiger partial charge in [0.1, 0.15) is 5.75 Å². The molecule has 0 saturated carbocycles. The summed E-state index contributed by atoms with van der Waals surface area (Å²) < 4.78 is 5.66. The summed E-state index contributed by atoms with van der Waals surface area (Å²) in [6, 6.07) is 6.43. The van der Waals surface area contributed by atoms with Crippen LogP contribution in [0.1, 0.15) is 30.7 Å². The van der Waals surface area contributed by atoms with Crippen molar-refractivity contribution < 1.29 is 4.74 Å². The molecule has 0 unspecified atom stereocenters. The highest BCUT2D eigenvalue weighted by molar-refractivity contribution is 5.37. The second-order valence-electron chi connectivity index (χ2n) is 4.19. The van der Waals surface area contributed by atoms with Crippen LogP contribution in [0, 0.1) is 0 Å². The van der Waals surface area contributed by atoms with Crippen molar-refractivity contribution >= 4 is 0 Å². The van der Waals surface area contributed by atoms with Gasteiger partial charge in [-0.15, -0.1) is 0 Å². The van der Waals surface area contributed by atoms with Crippen molar-refractivity contribution in [3.63, 3.8) is 0 Å². The van der Waals surface area contributed by atoms with Crippen molar-refractivity contribution in [1.82, 2.24) is 15.4 Å². The number of aromatic nitrogens is 3. The zero-order valence-electron chi connectivity index (χ0n) is 10.9. The number of benzene rings is 1. The maximum absolute atomic E-state index is 5.66. The molecule has 0 fully saturated rings. The maximum atomic E-state index is 5.66. The van der Waals surface area contributed by atoms with Gasteiger partial charge in [0.15, 0.2) is 0 Å². The highest BCUT2D eigenvalue weighted by Crippen LogP contribution is 2.22. The number of nitrogens with zero attached hydrogens (tertiary/aromatic N) is 2. The number of hydrogen-bond donors (Lipinski definition) is 1. The van der Waals surface area contributed by atoms with Gasteiger partial charge in [-0.3, -0.25) is 0 Å². The van der Waals surface area contributed by atoms with Gasteiger partial charge in [0.05, 0.1) is 18.5 Å². The van der Waals surface area contributed by atoms with Crippen LogP contribution in [-0.4, -0.2) is 22.0 Å². The van der Waals surface area contributed by atoms with E-state index < -0.39 is 0 Å². The molecule has 0 spiro atoms. The van der Waals surface area contributed by atoms with Gasteiger partial charge in [0.25, 0.3) is 0 Å². The van der Waals surface area contributed by atoms with E-state index in [1.165, 1.54) is 11.1 Å². The van der Waals surface area contributed by atoms with Gasteiger partial charge in [0, 0.05) is 0 Å². The van der Waals surface area contributed by atoms with E-state index in [4.69, 9.17) is 4.74 Å². The van der Waals surface area contributed by atoms with E-state index in [-0.39, 0.29) is 0 Å². The molecule has 0 aliphatic heterocycles. The lowest BCUT2D eigenvalue weighted by atomic mass is 10.0. The predicted octanol–water partition coefficient (Wildman–Crippen LogP) is 2.55. The van der Waals surface area contributed by atoms with Gasteiger partial charge in [-0.1, -0.05) is 19.1 Å². The zero-order chi connectivity index (χ0) is 12.8. The van der Waals surface area contributed by atoms with Crippen molar-refractivity contribution in [2.75, 3.05) is 6.61 Å². The van der Waals surface area contributed by atoms with Gasteiger partial charge in [-0.2, -0.15) is 15.4 Å². The van der Waals surface area contributed by atoms with Crippen molar-refractivity contribution in [3.05, 3.63) is 41.2 Å². The van der Waals surface area contributed by atoms with Crippen LogP contribution >= 0.6 is 0 Å². The molecule has 1 N–H and O–H groups in total. The van der Waals surface area contributed by atoms with E-state index in [9.17, 15) is 0 Å². The van der Waals surface area contributed by atoms with Crippen LogP contribution in [0.25, 0.3) is 0 Å². The Morgan fingerprint density at radius 3 is 2.78 bits per heavy atom. The van der Waals surface area contributed by atoms with Crippen LogP contribution < -0.4 is 4.74 Å². The monoisotopic (exact) mass is 245 g/mol. The fraction of sp³-hybridized carbons (Fsp3) is 0.429. The van der Waals surface area contributed by atoms with E-state index in [0.29, 0.717) is 6.61 Å². The molecule has 1 heterocycles. The van der Waals surface area contributed by atoms with Crippen LogP contribution in [0.2, 0.25) is 0 Å². The molecule has 2 rings (SSSR count). The average molecular weight is 245 g/mol. The van der Waals surface area contributed by atoms with E-state index in [1.54, 1.807) is 6.20 Å². The number of H-pyrrole nitrogens is 1. The van der Waals surface area contributed by atoms with Crippen molar-refractivity contribution in [2.45, 2.75) is 33.1 Å². The molecule has 4 nitrogen and oxygen atoms in total. The Hall–Kier alpha value is -1.84. The Morgan fingerprint density at radius 1 is 1.22 bits per heavy atom. The molecule has 0 bridgehead atoms. The molecular weight excluding hydrogens is 226 g/mol. The van der Waals surface area contributed by atoms with Crippen LogP contribution in [0.15, 0.2) is 24.4 Å². The second kappa shape index (κ2) is 6.19. The molecular formula is C14H19N3O. The summed E-state index contributed by atoms with van der Waals surface area (Å²) in [5.74, 6) is 0.984. The Kier molecular flexibility index (Phi) is 4.34. The Morgan fingerprint density at radius 2 is 2.11 bits per heavy atom. The maximum Gasteiger partial charge on any atom is 0.122 e. The minimum absolute atomic E-state index is 0.697.